The molecule has 112 valence electrons. The summed E-state index contributed by atoms with van der Waals surface area (Å²) in [7, 11) is 0. The fourth-order valence-electron chi connectivity index (χ4n) is 1.41. The number of hydrogen-bond donors (Lipinski definition) is 1. The molecule has 0 aliphatic rings. The average molecular weight is 298 g/mol. The molecule has 7 heteroatoms. The summed E-state index contributed by atoms with van der Waals surface area (Å²) in [4.78, 5) is 14.7. The molecule has 0 saturated carbocycles. The Balaban J connectivity index is 3.04. The first kappa shape index (κ1) is 16.6. The van der Waals surface area contributed by atoms with Crippen molar-refractivity contribution in [2.45, 2.75) is 13.1 Å². The summed E-state index contributed by atoms with van der Waals surface area (Å²) in [5.41, 5.74) is -0.474. The number of alkyl halides is 3. The van der Waals surface area contributed by atoms with Gasteiger partial charge in [-0.25, -0.2) is 4.79 Å². The van der Waals surface area contributed by atoms with Crippen LogP contribution in [0, 0.1) is 12.3 Å². The molecular weight excluding hydrogens is 285 g/mol. The monoisotopic (exact) mass is 298 g/mol. The van der Waals surface area contributed by atoms with Crippen molar-refractivity contribution in [1.29, 1.82) is 0 Å². The highest BCUT2D eigenvalue weighted by molar-refractivity contribution is 5.90. The van der Waals surface area contributed by atoms with Crippen LogP contribution < -0.4 is 5.32 Å². The first-order valence-electron chi connectivity index (χ1n) is 5.98. The van der Waals surface area contributed by atoms with Crippen LogP contribution in [0.5, 0.6) is 0 Å². The number of nitrogens with one attached hydrogen (secondary N) is 1. The predicted octanol–water partition coefficient (Wildman–Crippen LogP) is 2.23. The molecule has 1 aromatic heterocycles. The highest BCUT2D eigenvalue weighted by Gasteiger charge is 2.32. The summed E-state index contributed by atoms with van der Waals surface area (Å²) >= 11 is 0. The van der Waals surface area contributed by atoms with Crippen LogP contribution in [0.15, 0.2) is 24.4 Å². The van der Waals surface area contributed by atoms with E-state index in [0.717, 1.165) is 18.3 Å². The molecule has 4 nitrogen and oxygen atoms in total. The molecule has 1 aromatic rings. The highest BCUT2D eigenvalue weighted by Crippen LogP contribution is 2.27. The second kappa shape index (κ2) is 7.33. The minimum Gasteiger partial charge on any atom is -0.463 e. The number of nitrogens with zero attached hydrogens (tertiary/aromatic N) is 1. The van der Waals surface area contributed by atoms with E-state index in [9.17, 15) is 18.0 Å². The normalized spacial score (nSPS) is 11.7. The van der Waals surface area contributed by atoms with Crippen LogP contribution in [-0.2, 0) is 15.7 Å². The molecular formula is C14H13F3N2O2. The zero-order valence-corrected chi connectivity index (χ0v) is 11.2. The molecule has 0 saturated heterocycles. The summed E-state index contributed by atoms with van der Waals surface area (Å²) in [5.74, 6) is 1.68. The first-order valence-corrected chi connectivity index (χ1v) is 5.98. The molecule has 1 rings (SSSR count). The minimum atomic E-state index is -4.52. The Morgan fingerprint density at radius 3 is 2.71 bits per heavy atom. The van der Waals surface area contributed by atoms with Crippen LogP contribution in [-0.4, -0.2) is 24.1 Å². The molecule has 0 radical (unpaired) electrons. The van der Waals surface area contributed by atoms with Crippen LogP contribution >= 0.6 is 0 Å². The quantitative estimate of drug-likeness (QED) is 0.514. The van der Waals surface area contributed by atoms with Gasteiger partial charge in [-0.1, -0.05) is 5.92 Å². The Bertz CT molecular complexity index is 557. The third-order valence-corrected chi connectivity index (χ3v) is 2.29. The standard InChI is InChI=1S/C14H13F3N2O2/c1-3-7-18-11(8-13(20)21-4-2)10-5-6-12(19-9-10)14(15,16)17/h1,5-6,8-9,18H,4,7H2,2H3. The van der Waals surface area contributed by atoms with Crippen molar-refractivity contribution in [1.82, 2.24) is 10.3 Å². The Labute approximate surface area is 120 Å². The number of hydrogen-bond acceptors (Lipinski definition) is 4. The number of esters is 1. The fourth-order valence-corrected chi connectivity index (χ4v) is 1.41. The van der Waals surface area contributed by atoms with Crippen LogP contribution in [0.1, 0.15) is 18.2 Å². The maximum atomic E-state index is 12.4. The van der Waals surface area contributed by atoms with Crippen LogP contribution in [0.2, 0.25) is 0 Å². The molecule has 0 amide bonds. The Hall–Kier alpha value is -2.49. The number of pyridine rings is 1. The third kappa shape index (κ3) is 5.18. The van der Waals surface area contributed by atoms with Crippen molar-refractivity contribution in [3.8, 4) is 12.3 Å². The third-order valence-electron chi connectivity index (χ3n) is 2.29. The molecule has 21 heavy (non-hydrogen) atoms. The molecule has 0 aromatic carbocycles. The largest absolute Gasteiger partial charge is 0.463 e. The number of carbonyl (C=O) groups is 1. The van der Waals surface area contributed by atoms with Gasteiger partial charge in [0.05, 0.1) is 18.8 Å². The van der Waals surface area contributed by atoms with Gasteiger partial charge in [-0.3, -0.25) is 4.98 Å². The molecule has 0 atom stereocenters. The number of halogens is 3. The van der Waals surface area contributed by atoms with E-state index in [1.165, 1.54) is 6.07 Å². The van der Waals surface area contributed by atoms with Gasteiger partial charge >= 0.3 is 12.1 Å². The Morgan fingerprint density at radius 1 is 1.52 bits per heavy atom. The van der Waals surface area contributed by atoms with E-state index in [0.29, 0.717) is 5.56 Å². The molecule has 0 unspecified atom stereocenters. The van der Waals surface area contributed by atoms with Gasteiger partial charge in [-0.2, -0.15) is 13.2 Å². The van der Waals surface area contributed by atoms with Crippen molar-refractivity contribution in [3.05, 3.63) is 35.7 Å². The number of carbonyl (C=O) groups excluding carboxylic acids is 1. The van der Waals surface area contributed by atoms with Crippen molar-refractivity contribution in [3.63, 3.8) is 0 Å². The molecule has 0 aliphatic heterocycles. The molecule has 0 aliphatic carbocycles. The number of terminal acetylenes is 1. The Kier molecular flexibility index (Phi) is 5.79. The van der Waals surface area contributed by atoms with Gasteiger partial charge in [0.25, 0.3) is 0 Å². The van der Waals surface area contributed by atoms with Gasteiger partial charge in [0.2, 0.25) is 0 Å². The van der Waals surface area contributed by atoms with Gasteiger partial charge in [-0.15, -0.1) is 6.42 Å². The van der Waals surface area contributed by atoms with Crippen molar-refractivity contribution >= 4 is 11.7 Å². The maximum absolute atomic E-state index is 12.4. The van der Waals surface area contributed by atoms with Crippen LogP contribution in [0.25, 0.3) is 5.70 Å². The zero-order valence-electron chi connectivity index (χ0n) is 11.2. The van der Waals surface area contributed by atoms with Crippen LogP contribution in [0.4, 0.5) is 13.2 Å². The summed E-state index contributed by atoms with van der Waals surface area (Å²) in [6.45, 7) is 1.93. The van der Waals surface area contributed by atoms with Gasteiger partial charge in [0.15, 0.2) is 0 Å². The van der Waals surface area contributed by atoms with E-state index >= 15 is 0 Å². The SMILES string of the molecule is C#CCNC(=CC(=O)OCC)c1ccc(C(F)(F)F)nc1. The molecule has 0 fully saturated rings. The number of ether oxygens (including phenoxy) is 1. The first-order chi connectivity index (χ1) is 9.88. The Morgan fingerprint density at radius 2 is 2.24 bits per heavy atom. The van der Waals surface area contributed by atoms with Crippen molar-refractivity contribution in [2.75, 3.05) is 13.2 Å². The van der Waals surface area contributed by atoms with Crippen molar-refractivity contribution < 1.29 is 22.7 Å². The predicted molar refractivity (Wildman–Crippen MR) is 70.7 cm³/mol. The van der Waals surface area contributed by atoms with E-state index in [4.69, 9.17) is 11.2 Å². The molecule has 0 bridgehead atoms. The summed E-state index contributed by atoms with van der Waals surface area (Å²) in [6, 6.07) is 2.02. The summed E-state index contributed by atoms with van der Waals surface area (Å²) < 4.78 is 42.1. The van der Waals surface area contributed by atoms with E-state index in [1.807, 2.05) is 0 Å². The highest BCUT2D eigenvalue weighted by atomic mass is 19.4. The summed E-state index contributed by atoms with van der Waals surface area (Å²) in [6.07, 6.45) is 2.71. The molecule has 1 N–H and O–H groups in total. The number of aromatic nitrogens is 1. The number of rotatable bonds is 5. The van der Waals surface area contributed by atoms with E-state index in [-0.39, 0.29) is 18.8 Å². The van der Waals surface area contributed by atoms with Crippen molar-refractivity contribution in [2.24, 2.45) is 0 Å². The lowest BCUT2D eigenvalue weighted by atomic mass is 10.2. The minimum absolute atomic E-state index is 0.103. The van der Waals surface area contributed by atoms with Gasteiger partial charge < -0.3 is 10.1 Å². The molecule has 1 heterocycles. The van der Waals surface area contributed by atoms with E-state index in [2.05, 4.69) is 16.2 Å². The summed E-state index contributed by atoms with van der Waals surface area (Å²) in [5, 5.41) is 2.74. The lowest BCUT2D eigenvalue weighted by Crippen LogP contribution is -2.15. The molecule has 0 spiro atoms. The lowest BCUT2D eigenvalue weighted by Gasteiger charge is -2.10. The second-order valence-electron chi connectivity index (χ2n) is 3.80. The smallest absolute Gasteiger partial charge is 0.433 e. The second-order valence-corrected chi connectivity index (χ2v) is 3.80. The van der Waals surface area contributed by atoms with Gasteiger partial charge in [0.1, 0.15) is 5.69 Å². The van der Waals surface area contributed by atoms with Crippen LogP contribution in [0.3, 0.4) is 0 Å². The zero-order chi connectivity index (χ0) is 15.9. The van der Waals surface area contributed by atoms with Gasteiger partial charge in [0, 0.05) is 17.8 Å². The maximum Gasteiger partial charge on any atom is 0.433 e. The average Bonchev–Trinajstić information content (AvgIpc) is 2.43. The van der Waals surface area contributed by atoms with E-state index in [1.54, 1.807) is 6.92 Å². The topological polar surface area (TPSA) is 51.2 Å². The van der Waals surface area contributed by atoms with Gasteiger partial charge in [-0.05, 0) is 19.1 Å². The lowest BCUT2D eigenvalue weighted by molar-refractivity contribution is -0.141. The fraction of sp³-hybridized carbons (Fsp3) is 0.286. The van der Waals surface area contributed by atoms with E-state index < -0.39 is 17.8 Å².